The molecule has 100 valence electrons. The fourth-order valence-corrected chi connectivity index (χ4v) is 1.96. The molecule has 1 heterocycles. The molecule has 1 aromatic carbocycles. The predicted octanol–water partition coefficient (Wildman–Crippen LogP) is 4.53. The van der Waals surface area contributed by atoms with Crippen LogP contribution >= 0.6 is 11.6 Å². The van der Waals surface area contributed by atoms with Crippen molar-refractivity contribution in [3.63, 3.8) is 0 Å². The highest BCUT2D eigenvalue weighted by molar-refractivity contribution is 6.29. The van der Waals surface area contributed by atoms with Crippen molar-refractivity contribution < 1.29 is 4.74 Å². The highest BCUT2D eigenvalue weighted by atomic mass is 35.5. The highest BCUT2D eigenvalue weighted by Gasteiger charge is 2.19. The molecule has 0 bridgehead atoms. The first-order chi connectivity index (χ1) is 8.86. The van der Waals surface area contributed by atoms with Gasteiger partial charge in [0.15, 0.2) is 5.15 Å². The smallest absolute Gasteiger partial charge is 0.239 e. The molecule has 2 rings (SSSR count). The number of hydrogen-bond acceptors (Lipinski definition) is 3. The number of aromatic nitrogens is 2. The lowest BCUT2D eigenvalue weighted by Crippen LogP contribution is -2.12. The van der Waals surface area contributed by atoms with Gasteiger partial charge >= 0.3 is 0 Å². The van der Waals surface area contributed by atoms with E-state index in [0.717, 1.165) is 16.9 Å². The summed E-state index contributed by atoms with van der Waals surface area (Å²) in [7, 11) is 0. The Labute approximate surface area is 118 Å². The van der Waals surface area contributed by atoms with Crippen LogP contribution in [0.15, 0.2) is 30.6 Å². The van der Waals surface area contributed by atoms with Crippen molar-refractivity contribution in [2.45, 2.75) is 33.1 Å². The molecule has 0 N–H and O–H groups in total. The number of nitrogens with zero attached hydrogens (tertiary/aromatic N) is 2. The van der Waals surface area contributed by atoms with Crippen LogP contribution in [0.25, 0.3) is 0 Å². The fraction of sp³-hybridized carbons (Fsp3) is 0.333. The lowest BCUT2D eigenvalue weighted by molar-refractivity contribution is 0.437. The third kappa shape index (κ3) is 3.44. The Morgan fingerprint density at radius 1 is 1.16 bits per heavy atom. The minimum Gasteiger partial charge on any atom is -0.437 e. The largest absolute Gasteiger partial charge is 0.437 e. The third-order valence-electron chi connectivity index (χ3n) is 2.74. The summed E-state index contributed by atoms with van der Waals surface area (Å²) in [5, 5.41) is 0.322. The number of hydrogen-bond donors (Lipinski definition) is 0. The topological polar surface area (TPSA) is 35.0 Å². The Morgan fingerprint density at radius 2 is 1.89 bits per heavy atom. The van der Waals surface area contributed by atoms with Crippen molar-refractivity contribution in [3.8, 4) is 11.6 Å². The lowest BCUT2D eigenvalue weighted by Gasteiger charge is -2.22. The maximum absolute atomic E-state index is 5.84. The van der Waals surface area contributed by atoms with Gasteiger partial charge in [-0.05, 0) is 24.0 Å². The Kier molecular flexibility index (Phi) is 3.76. The Balaban J connectivity index is 2.41. The van der Waals surface area contributed by atoms with Crippen LogP contribution in [0.4, 0.5) is 0 Å². The zero-order valence-electron chi connectivity index (χ0n) is 11.6. The lowest BCUT2D eigenvalue weighted by atomic mass is 9.86. The normalized spacial score (nSPS) is 11.4. The monoisotopic (exact) mass is 276 g/mol. The van der Waals surface area contributed by atoms with Crippen LogP contribution in [0.2, 0.25) is 5.15 Å². The van der Waals surface area contributed by atoms with E-state index in [4.69, 9.17) is 16.3 Å². The van der Waals surface area contributed by atoms with Crippen LogP contribution in [0, 0.1) is 6.92 Å². The van der Waals surface area contributed by atoms with Gasteiger partial charge in [0.2, 0.25) is 5.88 Å². The second kappa shape index (κ2) is 5.17. The van der Waals surface area contributed by atoms with E-state index in [0.29, 0.717) is 11.0 Å². The van der Waals surface area contributed by atoms with Crippen molar-refractivity contribution in [1.82, 2.24) is 9.97 Å². The standard InChI is InChI=1S/C15H17ClN2O/c1-10-5-6-11(15(2,3)4)12(7-10)19-14-9-17-8-13(16)18-14/h5-9H,1-4H3. The van der Waals surface area contributed by atoms with Gasteiger partial charge in [0, 0.05) is 5.56 Å². The summed E-state index contributed by atoms with van der Waals surface area (Å²) in [6, 6.07) is 6.17. The molecule has 1 aromatic heterocycles. The maximum atomic E-state index is 5.84. The minimum atomic E-state index is -0.00492. The summed E-state index contributed by atoms with van der Waals surface area (Å²) in [4.78, 5) is 8.08. The van der Waals surface area contributed by atoms with Gasteiger partial charge in [-0.3, -0.25) is 4.98 Å². The molecule has 0 aliphatic heterocycles. The van der Waals surface area contributed by atoms with Gasteiger partial charge < -0.3 is 4.74 Å². The van der Waals surface area contributed by atoms with E-state index >= 15 is 0 Å². The Hall–Kier alpha value is -1.61. The van der Waals surface area contributed by atoms with E-state index in [1.165, 1.54) is 6.20 Å². The molecule has 0 amide bonds. The number of aryl methyl sites for hydroxylation is 1. The van der Waals surface area contributed by atoms with Crippen molar-refractivity contribution in [3.05, 3.63) is 46.9 Å². The molecule has 0 aliphatic carbocycles. The molecule has 0 unspecified atom stereocenters. The van der Waals surface area contributed by atoms with Gasteiger partial charge in [-0.1, -0.05) is 44.5 Å². The Bertz CT molecular complexity index is 591. The quantitative estimate of drug-likeness (QED) is 0.808. The molecule has 0 saturated carbocycles. The number of benzene rings is 1. The van der Waals surface area contributed by atoms with Crippen molar-refractivity contribution in [2.24, 2.45) is 0 Å². The average molecular weight is 277 g/mol. The molecule has 4 heteroatoms. The molecular formula is C15H17ClN2O. The molecule has 0 radical (unpaired) electrons. The zero-order chi connectivity index (χ0) is 14.0. The highest BCUT2D eigenvalue weighted by Crippen LogP contribution is 2.34. The minimum absolute atomic E-state index is 0.00492. The SMILES string of the molecule is Cc1ccc(C(C)(C)C)c(Oc2cncc(Cl)n2)c1. The van der Waals surface area contributed by atoms with E-state index in [1.54, 1.807) is 6.20 Å². The summed E-state index contributed by atoms with van der Waals surface area (Å²) in [5.74, 6) is 1.20. The molecule has 0 spiro atoms. The molecule has 19 heavy (non-hydrogen) atoms. The molecule has 2 aromatic rings. The van der Waals surface area contributed by atoms with E-state index in [2.05, 4.69) is 42.9 Å². The molecule has 0 aliphatic rings. The second-order valence-corrected chi connectivity index (χ2v) is 5.92. The van der Waals surface area contributed by atoms with E-state index in [1.807, 2.05) is 13.0 Å². The average Bonchev–Trinajstić information content (AvgIpc) is 2.27. The summed E-state index contributed by atoms with van der Waals surface area (Å²) >= 11 is 5.82. The molecule has 0 atom stereocenters. The summed E-state index contributed by atoms with van der Waals surface area (Å²) in [6.07, 6.45) is 3.04. The maximum Gasteiger partial charge on any atom is 0.239 e. The van der Waals surface area contributed by atoms with Gasteiger partial charge in [-0.15, -0.1) is 0 Å². The second-order valence-electron chi connectivity index (χ2n) is 5.53. The summed E-state index contributed by atoms with van der Waals surface area (Å²) in [5.41, 5.74) is 2.26. The van der Waals surface area contributed by atoms with Gasteiger partial charge in [-0.25, -0.2) is 0 Å². The van der Waals surface area contributed by atoms with Crippen LogP contribution in [0.3, 0.4) is 0 Å². The Morgan fingerprint density at radius 3 is 2.53 bits per heavy atom. The van der Waals surface area contributed by atoms with Crippen molar-refractivity contribution in [1.29, 1.82) is 0 Å². The summed E-state index contributed by atoms with van der Waals surface area (Å²) < 4.78 is 5.84. The van der Waals surface area contributed by atoms with Gasteiger partial charge in [-0.2, -0.15) is 4.98 Å². The van der Waals surface area contributed by atoms with Crippen LogP contribution in [-0.2, 0) is 5.41 Å². The first-order valence-electron chi connectivity index (χ1n) is 6.13. The summed E-state index contributed by atoms with van der Waals surface area (Å²) in [6.45, 7) is 8.47. The van der Waals surface area contributed by atoms with Crippen LogP contribution in [0.1, 0.15) is 31.9 Å². The van der Waals surface area contributed by atoms with Gasteiger partial charge in [0.25, 0.3) is 0 Å². The number of ether oxygens (including phenoxy) is 1. The molecular weight excluding hydrogens is 260 g/mol. The fourth-order valence-electron chi connectivity index (χ4n) is 1.82. The predicted molar refractivity (Wildman–Crippen MR) is 77.0 cm³/mol. The molecule has 0 fully saturated rings. The number of rotatable bonds is 2. The zero-order valence-corrected chi connectivity index (χ0v) is 12.3. The van der Waals surface area contributed by atoms with Crippen LogP contribution in [-0.4, -0.2) is 9.97 Å². The van der Waals surface area contributed by atoms with Crippen LogP contribution < -0.4 is 4.74 Å². The van der Waals surface area contributed by atoms with Gasteiger partial charge in [0.1, 0.15) is 5.75 Å². The first kappa shape index (κ1) is 13.8. The van der Waals surface area contributed by atoms with Crippen molar-refractivity contribution in [2.75, 3.05) is 0 Å². The van der Waals surface area contributed by atoms with E-state index in [-0.39, 0.29) is 5.41 Å². The molecule has 0 saturated heterocycles. The van der Waals surface area contributed by atoms with Crippen molar-refractivity contribution >= 4 is 11.6 Å². The van der Waals surface area contributed by atoms with E-state index < -0.39 is 0 Å². The van der Waals surface area contributed by atoms with Gasteiger partial charge in [0.05, 0.1) is 12.4 Å². The van der Waals surface area contributed by atoms with E-state index in [9.17, 15) is 0 Å². The third-order valence-corrected chi connectivity index (χ3v) is 2.92. The molecule has 3 nitrogen and oxygen atoms in total. The number of halogens is 1. The van der Waals surface area contributed by atoms with Crippen LogP contribution in [0.5, 0.6) is 11.6 Å². The first-order valence-corrected chi connectivity index (χ1v) is 6.50.